The number of hydrogen-bond donors (Lipinski definition) is 1. The van der Waals surface area contributed by atoms with Crippen molar-refractivity contribution in [1.29, 1.82) is 0 Å². The summed E-state index contributed by atoms with van der Waals surface area (Å²) in [7, 11) is 0. The van der Waals surface area contributed by atoms with Crippen molar-refractivity contribution < 1.29 is 13.2 Å². The Balaban J connectivity index is 2.74. The molecule has 0 radical (unpaired) electrons. The van der Waals surface area contributed by atoms with Crippen molar-refractivity contribution in [1.82, 2.24) is 5.32 Å². The zero-order valence-electron chi connectivity index (χ0n) is 10.1. The molecule has 0 bridgehead atoms. The summed E-state index contributed by atoms with van der Waals surface area (Å²) in [5.41, 5.74) is 1.48. The number of nitrogens with one attached hydrogen (secondary N) is 1. The van der Waals surface area contributed by atoms with Gasteiger partial charge in [0.05, 0.1) is 6.04 Å². The largest absolute Gasteiger partial charge is 0.309 e. The minimum Gasteiger partial charge on any atom is -0.309 e. The first kappa shape index (κ1) is 14.0. The average Bonchev–Trinajstić information content (AvgIpc) is 2.28. The zero-order chi connectivity index (χ0) is 12.8. The van der Waals surface area contributed by atoms with Gasteiger partial charge in [-0.15, -0.1) is 0 Å². The summed E-state index contributed by atoms with van der Waals surface area (Å²) >= 11 is 0. The van der Waals surface area contributed by atoms with E-state index >= 15 is 0 Å². The molecule has 0 saturated carbocycles. The predicted molar refractivity (Wildman–Crippen MR) is 62.9 cm³/mol. The van der Waals surface area contributed by atoms with E-state index in [4.69, 9.17) is 0 Å². The number of benzene rings is 1. The van der Waals surface area contributed by atoms with E-state index in [9.17, 15) is 13.2 Å². The Bertz CT molecular complexity index is 353. The lowest BCUT2D eigenvalue weighted by atomic mass is 10.0. The van der Waals surface area contributed by atoms with Gasteiger partial charge in [0.2, 0.25) is 0 Å². The molecule has 0 spiro atoms. The quantitative estimate of drug-likeness (QED) is 0.810. The van der Waals surface area contributed by atoms with Crippen LogP contribution in [-0.4, -0.2) is 19.0 Å². The number of hydrogen-bond acceptors (Lipinski definition) is 1. The van der Waals surface area contributed by atoms with Gasteiger partial charge in [0.15, 0.2) is 0 Å². The van der Waals surface area contributed by atoms with E-state index in [0.717, 1.165) is 12.0 Å². The highest BCUT2D eigenvalue weighted by Gasteiger charge is 2.20. The van der Waals surface area contributed by atoms with E-state index in [1.54, 1.807) is 13.0 Å². The highest BCUT2D eigenvalue weighted by Crippen LogP contribution is 2.15. The number of alkyl halides is 2. The van der Waals surface area contributed by atoms with Crippen LogP contribution in [0.25, 0.3) is 0 Å². The highest BCUT2D eigenvalue weighted by molar-refractivity contribution is 5.27. The van der Waals surface area contributed by atoms with Gasteiger partial charge >= 0.3 is 0 Å². The first-order valence-corrected chi connectivity index (χ1v) is 5.81. The maximum atomic E-state index is 13.0. The molecule has 96 valence electrons. The molecular formula is C13H18F3N. The lowest BCUT2D eigenvalue weighted by Gasteiger charge is -2.18. The van der Waals surface area contributed by atoms with Crippen LogP contribution in [-0.2, 0) is 6.42 Å². The second-order valence-electron chi connectivity index (χ2n) is 4.17. The van der Waals surface area contributed by atoms with Crippen LogP contribution >= 0.6 is 0 Å². The lowest BCUT2D eigenvalue weighted by Crippen LogP contribution is -2.38. The normalized spacial score (nSPS) is 13.1. The number of rotatable bonds is 6. The molecule has 4 heteroatoms. The van der Waals surface area contributed by atoms with Crippen LogP contribution in [0.3, 0.4) is 0 Å². The highest BCUT2D eigenvalue weighted by atomic mass is 19.3. The van der Waals surface area contributed by atoms with E-state index in [0.29, 0.717) is 12.1 Å². The van der Waals surface area contributed by atoms with Crippen molar-refractivity contribution in [3.8, 4) is 0 Å². The van der Waals surface area contributed by atoms with Gasteiger partial charge in [-0.25, -0.2) is 13.2 Å². The Morgan fingerprint density at radius 1 is 1.29 bits per heavy atom. The fraction of sp³-hybridized carbons (Fsp3) is 0.538. The molecule has 0 aliphatic heterocycles. The van der Waals surface area contributed by atoms with Crippen molar-refractivity contribution >= 4 is 0 Å². The molecule has 1 aromatic carbocycles. The predicted octanol–water partition coefficient (Wildman–Crippen LogP) is 3.31. The van der Waals surface area contributed by atoms with Gasteiger partial charge in [0, 0.05) is 0 Å². The fourth-order valence-electron chi connectivity index (χ4n) is 1.68. The van der Waals surface area contributed by atoms with Crippen LogP contribution in [0.15, 0.2) is 18.2 Å². The van der Waals surface area contributed by atoms with Gasteiger partial charge in [-0.1, -0.05) is 13.0 Å². The summed E-state index contributed by atoms with van der Waals surface area (Å²) in [6.45, 7) is 4.27. The Labute approximate surface area is 100 Å². The van der Waals surface area contributed by atoms with Crippen molar-refractivity contribution in [2.24, 2.45) is 0 Å². The molecule has 17 heavy (non-hydrogen) atoms. The summed E-state index contributed by atoms with van der Waals surface area (Å²) in [6, 6.07) is 3.39. The summed E-state index contributed by atoms with van der Waals surface area (Å²) in [5.74, 6) is -0.380. The molecule has 1 atom stereocenters. The monoisotopic (exact) mass is 245 g/mol. The second-order valence-corrected chi connectivity index (χ2v) is 4.17. The van der Waals surface area contributed by atoms with E-state index in [2.05, 4.69) is 5.32 Å². The standard InChI is InChI=1S/C13H18F3N/c1-3-6-17-12(13(15)16)8-10-7-11(14)5-4-9(10)2/h4-5,7,12-13,17H,3,6,8H2,1-2H3. The third kappa shape index (κ3) is 4.38. The van der Waals surface area contributed by atoms with Gasteiger partial charge in [0.1, 0.15) is 5.82 Å². The molecule has 0 aliphatic rings. The third-order valence-corrected chi connectivity index (χ3v) is 2.71. The van der Waals surface area contributed by atoms with E-state index in [1.807, 2.05) is 6.92 Å². The summed E-state index contributed by atoms with van der Waals surface area (Å²) < 4.78 is 38.6. The van der Waals surface area contributed by atoms with Crippen LogP contribution in [0.1, 0.15) is 24.5 Å². The molecule has 0 aromatic heterocycles. The minimum absolute atomic E-state index is 0.154. The molecule has 0 aliphatic carbocycles. The summed E-state index contributed by atoms with van der Waals surface area (Å²) in [6.07, 6.45) is -1.49. The summed E-state index contributed by atoms with van der Waals surface area (Å²) in [5, 5.41) is 2.79. The molecule has 0 amide bonds. The zero-order valence-corrected chi connectivity index (χ0v) is 10.1. The Morgan fingerprint density at radius 2 is 2.00 bits per heavy atom. The van der Waals surface area contributed by atoms with Crippen molar-refractivity contribution in [3.05, 3.63) is 35.1 Å². The van der Waals surface area contributed by atoms with E-state index < -0.39 is 12.5 Å². The number of halogens is 3. The van der Waals surface area contributed by atoms with Crippen molar-refractivity contribution in [2.45, 2.75) is 39.2 Å². The summed E-state index contributed by atoms with van der Waals surface area (Å²) in [4.78, 5) is 0. The second kappa shape index (κ2) is 6.64. The smallest absolute Gasteiger partial charge is 0.254 e. The van der Waals surface area contributed by atoms with Crippen LogP contribution in [0.5, 0.6) is 0 Å². The van der Waals surface area contributed by atoms with E-state index in [1.165, 1.54) is 12.1 Å². The molecule has 0 heterocycles. The molecule has 1 unspecified atom stereocenters. The maximum Gasteiger partial charge on any atom is 0.254 e. The SMILES string of the molecule is CCCNC(Cc1cc(F)ccc1C)C(F)F. The molecule has 1 nitrogen and oxygen atoms in total. The van der Waals surface area contributed by atoms with Crippen molar-refractivity contribution in [2.75, 3.05) is 6.54 Å². The molecule has 0 saturated heterocycles. The first-order valence-electron chi connectivity index (χ1n) is 5.81. The van der Waals surface area contributed by atoms with Gasteiger partial charge in [0.25, 0.3) is 6.43 Å². The van der Waals surface area contributed by atoms with Gasteiger partial charge in [-0.2, -0.15) is 0 Å². The van der Waals surface area contributed by atoms with Crippen LogP contribution in [0.2, 0.25) is 0 Å². The Kier molecular flexibility index (Phi) is 5.48. The van der Waals surface area contributed by atoms with Gasteiger partial charge < -0.3 is 5.32 Å². The maximum absolute atomic E-state index is 13.0. The van der Waals surface area contributed by atoms with Gasteiger partial charge in [-0.05, 0) is 49.6 Å². The molecular weight excluding hydrogens is 227 g/mol. The Hall–Kier alpha value is -1.03. The molecule has 0 fully saturated rings. The van der Waals surface area contributed by atoms with E-state index in [-0.39, 0.29) is 12.2 Å². The van der Waals surface area contributed by atoms with Crippen molar-refractivity contribution in [3.63, 3.8) is 0 Å². The third-order valence-electron chi connectivity index (χ3n) is 2.71. The minimum atomic E-state index is -2.44. The lowest BCUT2D eigenvalue weighted by molar-refractivity contribution is 0.0982. The number of aryl methyl sites for hydroxylation is 1. The van der Waals surface area contributed by atoms with Crippen LogP contribution in [0.4, 0.5) is 13.2 Å². The first-order chi connectivity index (χ1) is 8.04. The molecule has 1 aromatic rings. The molecule has 1 N–H and O–H groups in total. The Morgan fingerprint density at radius 3 is 2.59 bits per heavy atom. The average molecular weight is 245 g/mol. The fourth-order valence-corrected chi connectivity index (χ4v) is 1.68. The topological polar surface area (TPSA) is 12.0 Å². The van der Waals surface area contributed by atoms with Crippen LogP contribution < -0.4 is 5.32 Å². The molecule has 1 rings (SSSR count). The van der Waals surface area contributed by atoms with Crippen LogP contribution in [0, 0.1) is 12.7 Å². The van der Waals surface area contributed by atoms with Gasteiger partial charge in [-0.3, -0.25) is 0 Å².